The van der Waals surface area contributed by atoms with E-state index in [0.717, 1.165) is 45.9 Å². The van der Waals surface area contributed by atoms with Gasteiger partial charge in [0.15, 0.2) is 0 Å². The van der Waals surface area contributed by atoms with Gasteiger partial charge in [0, 0.05) is 5.02 Å². The monoisotopic (exact) mass is 652 g/mol. The van der Waals surface area contributed by atoms with Gasteiger partial charge in [0.2, 0.25) is 0 Å². The predicted molar refractivity (Wildman–Crippen MR) is 199 cm³/mol. The van der Waals surface area contributed by atoms with Crippen LogP contribution in [-0.4, -0.2) is 12.1 Å². The largest absolute Gasteiger partial charge is 0.491 e. The highest BCUT2D eigenvalue weighted by Crippen LogP contribution is 2.30. The summed E-state index contributed by atoms with van der Waals surface area (Å²) in [6.07, 6.45) is 17.7. The van der Waals surface area contributed by atoms with Crippen LogP contribution < -0.4 is 9.47 Å². The van der Waals surface area contributed by atoms with Gasteiger partial charge in [-0.25, -0.2) is 4.79 Å². The zero-order valence-corrected chi connectivity index (χ0v) is 29.5. The summed E-state index contributed by atoms with van der Waals surface area (Å²) < 4.78 is 11.7. The number of unbranched alkanes of at least 4 members (excludes halogenated alkanes) is 10. The Balaban J connectivity index is 1.24. The molecule has 1 atom stereocenters. The highest BCUT2D eigenvalue weighted by Gasteiger charge is 2.11. The van der Waals surface area contributed by atoms with E-state index in [0.29, 0.717) is 11.3 Å². The summed E-state index contributed by atoms with van der Waals surface area (Å²) in [5.41, 5.74) is 6.15. The quantitative estimate of drug-likeness (QED) is 0.0541. The fourth-order valence-corrected chi connectivity index (χ4v) is 6.21. The second-order valence-electron chi connectivity index (χ2n) is 12.8. The number of esters is 1. The van der Waals surface area contributed by atoms with Crippen LogP contribution in [0.3, 0.4) is 0 Å². The maximum absolute atomic E-state index is 12.8. The average molecular weight is 653 g/mol. The summed E-state index contributed by atoms with van der Waals surface area (Å²) in [6, 6.07) is 29.8. The van der Waals surface area contributed by atoms with Gasteiger partial charge in [-0.2, -0.15) is 0 Å². The van der Waals surface area contributed by atoms with Gasteiger partial charge < -0.3 is 9.47 Å². The van der Waals surface area contributed by atoms with Gasteiger partial charge in [0.25, 0.3) is 0 Å². The molecule has 4 heteroatoms. The third-order valence-corrected chi connectivity index (χ3v) is 9.21. The molecule has 0 saturated carbocycles. The first kappa shape index (κ1) is 36.3. The second kappa shape index (κ2) is 20.0. The first-order chi connectivity index (χ1) is 23.0. The molecule has 0 heterocycles. The van der Waals surface area contributed by atoms with Crippen molar-refractivity contribution in [3.8, 4) is 33.8 Å². The van der Waals surface area contributed by atoms with Crippen LogP contribution in [0.25, 0.3) is 22.3 Å². The van der Waals surface area contributed by atoms with E-state index in [1.54, 1.807) is 12.1 Å². The minimum atomic E-state index is -0.385. The molecule has 0 radical (unpaired) electrons. The molecule has 4 aromatic rings. The number of benzene rings is 4. The van der Waals surface area contributed by atoms with Crippen LogP contribution in [0, 0.1) is 0 Å². The molecule has 0 aliphatic heterocycles. The van der Waals surface area contributed by atoms with E-state index in [4.69, 9.17) is 21.1 Å². The third-order valence-electron chi connectivity index (χ3n) is 8.86. The fourth-order valence-electron chi connectivity index (χ4n) is 5.93. The van der Waals surface area contributed by atoms with E-state index in [2.05, 4.69) is 63.2 Å². The second-order valence-corrected chi connectivity index (χ2v) is 13.2. The van der Waals surface area contributed by atoms with Crippen molar-refractivity contribution in [3.63, 3.8) is 0 Å². The smallest absolute Gasteiger partial charge is 0.343 e. The standard InChI is InChI=1S/C43H53ClO3/c1-4-6-8-10-11-12-13-15-17-37-22-23-39(32-42(37)44)36-20-18-34(19-21-36)35-24-28-41(29-25-35)47-43(45)38-26-30-40(31-27-38)46-33(3)16-14-9-7-5-2/h18-33H,4-17H2,1-3H3/t33-/m1/s1. The third kappa shape index (κ3) is 12.2. The Morgan fingerprint density at radius 3 is 1.68 bits per heavy atom. The van der Waals surface area contributed by atoms with Crippen molar-refractivity contribution in [2.24, 2.45) is 0 Å². The summed E-state index contributed by atoms with van der Waals surface area (Å²) in [4.78, 5) is 12.8. The normalized spacial score (nSPS) is 11.7. The maximum atomic E-state index is 12.8. The Morgan fingerprint density at radius 1 is 0.596 bits per heavy atom. The molecule has 0 aliphatic carbocycles. The molecule has 3 nitrogen and oxygen atoms in total. The van der Waals surface area contributed by atoms with Crippen LogP contribution in [-0.2, 0) is 6.42 Å². The molecular formula is C43H53ClO3. The predicted octanol–water partition coefficient (Wildman–Crippen LogP) is 13.3. The van der Waals surface area contributed by atoms with Crippen molar-refractivity contribution in [2.45, 2.75) is 117 Å². The van der Waals surface area contributed by atoms with E-state index in [1.165, 1.54) is 82.6 Å². The Bertz CT molecular complexity index is 1480. The van der Waals surface area contributed by atoms with Crippen LogP contribution in [0.15, 0.2) is 91.0 Å². The molecule has 0 aliphatic rings. The summed E-state index contributed by atoms with van der Waals surface area (Å²) in [5.74, 6) is 0.899. The maximum Gasteiger partial charge on any atom is 0.343 e. The molecule has 0 N–H and O–H groups in total. The van der Waals surface area contributed by atoms with Crippen molar-refractivity contribution < 1.29 is 14.3 Å². The number of hydrogen-bond donors (Lipinski definition) is 0. The van der Waals surface area contributed by atoms with Crippen LogP contribution in [0.5, 0.6) is 11.5 Å². The lowest BCUT2D eigenvalue weighted by molar-refractivity contribution is 0.0734. The van der Waals surface area contributed by atoms with Crippen LogP contribution >= 0.6 is 11.6 Å². The molecule has 4 aromatic carbocycles. The van der Waals surface area contributed by atoms with Gasteiger partial charge in [-0.15, -0.1) is 0 Å². The lowest BCUT2D eigenvalue weighted by Gasteiger charge is -2.14. The summed E-state index contributed by atoms with van der Waals surface area (Å²) in [7, 11) is 0. The molecule has 250 valence electrons. The first-order valence-electron chi connectivity index (χ1n) is 17.9. The Morgan fingerprint density at radius 2 is 1.09 bits per heavy atom. The summed E-state index contributed by atoms with van der Waals surface area (Å²) >= 11 is 6.70. The molecule has 4 rings (SSSR count). The fraction of sp³-hybridized carbons (Fsp3) is 0.419. The van der Waals surface area contributed by atoms with Crippen LogP contribution in [0.4, 0.5) is 0 Å². The van der Waals surface area contributed by atoms with Gasteiger partial charge in [0.1, 0.15) is 11.5 Å². The molecule has 0 amide bonds. The molecule has 0 spiro atoms. The number of halogens is 1. The lowest BCUT2D eigenvalue weighted by atomic mass is 9.98. The van der Waals surface area contributed by atoms with E-state index in [1.807, 2.05) is 36.4 Å². The van der Waals surface area contributed by atoms with Crippen molar-refractivity contribution in [1.82, 2.24) is 0 Å². The molecule has 0 unspecified atom stereocenters. The SMILES string of the molecule is CCCCCCCCCCc1ccc(-c2ccc(-c3ccc(OC(=O)c4ccc(O[C@H](C)CCCCCC)cc4)cc3)cc2)cc1Cl. The highest BCUT2D eigenvalue weighted by atomic mass is 35.5. The number of ether oxygens (including phenoxy) is 2. The van der Waals surface area contributed by atoms with Crippen molar-refractivity contribution >= 4 is 17.6 Å². The Kier molecular flexibility index (Phi) is 15.4. The van der Waals surface area contributed by atoms with Crippen molar-refractivity contribution in [1.29, 1.82) is 0 Å². The van der Waals surface area contributed by atoms with Crippen molar-refractivity contribution in [2.75, 3.05) is 0 Å². The molecule has 0 fully saturated rings. The first-order valence-corrected chi connectivity index (χ1v) is 18.3. The number of carbonyl (C=O) groups is 1. The van der Waals surface area contributed by atoms with Gasteiger partial charge in [-0.3, -0.25) is 0 Å². The van der Waals surface area contributed by atoms with Crippen LogP contribution in [0.2, 0.25) is 5.02 Å². The van der Waals surface area contributed by atoms with Gasteiger partial charge in [0.05, 0.1) is 11.7 Å². The summed E-state index contributed by atoms with van der Waals surface area (Å²) in [5, 5.41) is 0.853. The minimum Gasteiger partial charge on any atom is -0.491 e. The molecule has 0 saturated heterocycles. The highest BCUT2D eigenvalue weighted by molar-refractivity contribution is 6.31. The van der Waals surface area contributed by atoms with E-state index in [-0.39, 0.29) is 12.1 Å². The molecule has 0 aromatic heterocycles. The van der Waals surface area contributed by atoms with Gasteiger partial charge in [-0.1, -0.05) is 138 Å². The molecule has 47 heavy (non-hydrogen) atoms. The average Bonchev–Trinajstić information content (AvgIpc) is 3.09. The molecule has 0 bridgehead atoms. The van der Waals surface area contributed by atoms with Gasteiger partial charge in [-0.05, 0) is 103 Å². The number of rotatable bonds is 20. The lowest BCUT2D eigenvalue weighted by Crippen LogP contribution is -2.12. The van der Waals surface area contributed by atoms with Gasteiger partial charge >= 0.3 is 5.97 Å². The number of carbonyl (C=O) groups excluding carboxylic acids is 1. The zero-order valence-electron chi connectivity index (χ0n) is 28.7. The topological polar surface area (TPSA) is 35.5 Å². The van der Waals surface area contributed by atoms with E-state index >= 15 is 0 Å². The van der Waals surface area contributed by atoms with E-state index in [9.17, 15) is 4.79 Å². The molecular weight excluding hydrogens is 600 g/mol. The zero-order chi connectivity index (χ0) is 33.3. The van der Waals surface area contributed by atoms with Crippen molar-refractivity contribution in [3.05, 3.63) is 107 Å². The number of aryl methyl sites for hydroxylation is 1. The Labute approximate surface area is 288 Å². The number of hydrogen-bond acceptors (Lipinski definition) is 3. The Hall–Kier alpha value is -3.56. The minimum absolute atomic E-state index is 0.152. The summed E-state index contributed by atoms with van der Waals surface area (Å²) in [6.45, 7) is 6.58. The van der Waals surface area contributed by atoms with Crippen LogP contribution in [0.1, 0.15) is 120 Å². The van der Waals surface area contributed by atoms with E-state index < -0.39 is 0 Å².